The lowest BCUT2D eigenvalue weighted by Gasteiger charge is -2.11. The normalized spacial score (nSPS) is 23.8. The van der Waals surface area contributed by atoms with E-state index < -0.39 is 12.0 Å². The number of hydrogen-bond acceptors (Lipinski definition) is 4. The lowest BCUT2D eigenvalue weighted by molar-refractivity contribution is -0.138. The predicted molar refractivity (Wildman–Crippen MR) is 66.9 cm³/mol. The highest BCUT2D eigenvalue weighted by molar-refractivity contribution is 7.99. The van der Waals surface area contributed by atoms with Crippen molar-refractivity contribution in [3.8, 4) is 0 Å². The van der Waals surface area contributed by atoms with Crippen molar-refractivity contribution in [3.05, 3.63) is 35.4 Å². The van der Waals surface area contributed by atoms with Crippen LogP contribution in [0.3, 0.4) is 0 Å². The molecule has 17 heavy (non-hydrogen) atoms. The van der Waals surface area contributed by atoms with Crippen LogP contribution in [0.4, 0.5) is 0 Å². The van der Waals surface area contributed by atoms with Gasteiger partial charge in [-0.25, -0.2) is 0 Å². The third kappa shape index (κ3) is 3.00. The Balaban J connectivity index is 2.01. The highest BCUT2D eigenvalue weighted by atomic mass is 32.2. The van der Waals surface area contributed by atoms with Gasteiger partial charge in [0.1, 0.15) is 6.04 Å². The molecule has 1 unspecified atom stereocenters. The minimum absolute atomic E-state index is 0.0766. The van der Waals surface area contributed by atoms with E-state index in [2.05, 4.69) is 5.32 Å². The maximum Gasteiger partial charge on any atom is 0.321 e. The summed E-state index contributed by atoms with van der Waals surface area (Å²) in [5, 5.41) is 12.1. The van der Waals surface area contributed by atoms with Crippen LogP contribution in [-0.4, -0.2) is 30.0 Å². The molecule has 1 aromatic carbocycles. The summed E-state index contributed by atoms with van der Waals surface area (Å²) in [7, 11) is 1.67. The van der Waals surface area contributed by atoms with Crippen LogP contribution in [0.15, 0.2) is 24.3 Å². The maximum absolute atomic E-state index is 10.8. The summed E-state index contributed by atoms with van der Waals surface area (Å²) in [5.74, 6) is -0.171. The molecule has 2 N–H and O–H groups in total. The second-order valence-corrected chi connectivity index (χ2v) is 5.08. The van der Waals surface area contributed by atoms with Crippen LogP contribution in [0, 0.1) is 0 Å². The fraction of sp³-hybridized carbons (Fsp3) is 0.417. The summed E-state index contributed by atoms with van der Waals surface area (Å²) < 4.78 is 5.04. The van der Waals surface area contributed by atoms with Crippen LogP contribution in [0.1, 0.15) is 16.5 Å². The predicted octanol–water partition coefficient (Wildman–Crippen LogP) is 1.62. The Morgan fingerprint density at radius 1 is 1.53 bits per heavy atom. The van der Waals surface area contributed by atoms with Gasteiger partial charge in [0, 0.05) is 12.9 Å². The fourth-order valence-corrected chi connectivity index (χ4v) is 3.00. The van der Waals surface area contributed by atoms with Crippen LogP contribution >= 0.6 is 11.8 Å². The highest BCUT2D eigenvalue weighted by Gasteiger charge is 2.30. The van der Waals surface area contributed by atoms with Crippen molar-refractivity contribution < 1.29 is 14.6 Å². The number of rotatable bonds is 4. The van der Waals surface area contributed by atoms with Crippen LogP contribution in [0.5, 0.6) is 0 Å². The summed E-state index contributed by atoms with van der Waals surface area (Å²) in [6.07, 6.45) is 0. The van der Waals surface area contributed by atoms with E-state index in [0.717, 1.165) is 11.1 Å². The Bertz CT molecular complexity index is 393. The number of ether oxygens (including phenoxy) is 1. The molecule has 0 aliphatic carbocycles. The summed E-state index contributed by atoms with van der Waals surface area (Å²) in [5.41, 5.74) is 2.23. The van der Waals surface area contributed by atoms with E-state index >= 15 is 0 Å². The Labute approximate surface area is 104 Å². The molecule has 92 valence electrons. The molecule has 1 fully saturated rings. The molecule has 2 atom stereocenters. The van der Waals surface area contributed by atoms with Crippen molar-refractivity contribution in [2.24, 2.45) is 0 Å². The van der Waals surface area contributed by atoms with Gasteiger partial charge in [-0.15, -0.1) is 11.8 Å². The van der Waals surface area contributed by atoms with Crippen molar-refractivity contribution in [1.82, 2.24) is 5.32 Å². The maximum atomic E-state index is 10.8. The number of nitrogens with one attached hydrogen (secondary N) is 1. The van der Waals surface area contributed by atoms with Crippen LogP contribution in [0.2, 0.25) is 0 Å². The molecule has 0 bridgehead atoms. The number of aliphatic carboxylic acids is 1. The van der Waals surface area contributed by atoms with E-state index in [-0.39, 0.29) is 5.37 Å². The summed E-state index contributed by atoms with van der Waals surface area (Å²) in [6.45, 7) is 0.600. The number of benzene rings is 1. The average molecular weight is 253 g/mol. The molecule has 1 aliphatic heterocycles. The van der Waals surface area contributed by atoms with Gasteiger partial charge >= 0.3 is 5.97 Å². The van der Waals surface area contributed by atoms with Gasteiger partial charge in [-0.2, -0.15) is 0 Å². The lowest BCUT2D eigenvalue weighted by Crippen LogP contribution is -2.33. The summed E-state index contributed by atoms with van der Waals surface area (Å²) >= 11 is 1.63. The van der Waals surface area contributed by atoms with Gasteiger partial charge in [0.25, 0.3) is 0 Å². The first-order valence-corrected chi connectivity index (χ1v) is 6.44. The van der Waals surface area contributed by atoms with Gasteiger partial charge < -0.3 is 9.84 Å². The van der Waals surface area contributed by atoms with E-state index in [9.17, 15) is 4.79 Å². The van der Waals surface area contributed by atoms with E-state index in [1.165, 1.54) is 0 Å². The van der Waals surface area contributed by atoms with Gasteiger partial charge in [0.15, 0.2) is 0 Å². The fourth-order valence-electron chi connectivity index (χ4n) is 1.76. The van der Waals surface area contributed by atoms with Gasteiger partial charge in [0.2, 0.25) is 0 Å². The Morgan fingerprint density at radius 3 is 2.76 bits per heavy atom. The average Bonchev–Trinajstić information content (AvgIpc) is 2.80. The summed E-state index contributed by atoms with van der Waals surface area (Å²) in [6, 6.07) is 7.61. The molecule has 0 radical (unpaired) electrons. The number of methoxy groups -OCH3 is 1. The lowest BCUT2D eigenvalue weighted by atomic mass is 10.1. The number of carbonyl (C=O) groups is 1. The van der Waals surface area contributed by atoms with Crippen molar-refractivity contribution >= 4 is 17.7 Å². The van der Waals surface area contributed by atoms with Crippen LogP contribution in [-0.2, 0) is 16.1 Å². The largest absolute Gasteiger partial charge is 0.480 e. The SMILES string of the molecule is COCc1ccc(C2N[C@H](C(=O)O)CS2)cc1. The smallest absolute Gasteiger partial charge is 0.321 e. The minimum atomic E-state index is -0.781. The molecule has 1 aliphatic rings. The van der Waals surface area contributed by atoms with Gasteiger partial charge in [-0.05, 0) is 11.1 Å². The monoisotopic (exact) mass is 253 g/mol. The minimum Gasteiger partial charge on any atom is -0.480 e. The first-order valence-electron chi connectivity index (χ1n) is 5.39. The number of carboxylic acids is 1. The van der Waals surface area contributed by atoms with Crippen molar-refractivity contribution in [1.29, 1.82) is 0 Å². The second-order valence-electron chi connectivity index (χ2n) is 3.95. The van der Waals surface area contributed by atoms with Gasteiger partial charge in [-0.3, -0.25) is 10.1 Å². The third-order valence-electron chi connectivity index (χ3n) is 2.67. The van der Waals surface area contributed by atoms with Gasteiger partial charge in [-0.1, -0.05) is 24.3 Å². The quantitative estimate of drug-likeness (QED) is 0.854. The number of hydrogen-bond donors (Lipinski definition) is 2. The standard InChI is InChI=1S/C12H15NO3S/c1-16-6-8-2-4-9(5-3-8)11-13-10(7-17-11)12(14)15/h2-5,10-11,13H,6-7H2,1H3,(H,14,15)/t10-,11?/m0/s1. The number of thioether (sulfide) groups is 1. The molecule has 1 heterocycles. The molecule has 0 aromatic heterocycles. The Morgan fingerprint density at radius 2 is 2.24 bits per heavy atom. The second kappa shape index (κ2) is 5.53. The molecule has 0 amide bonds. The molecule has 1 aromatic rings. The topological polar surface area (TPSA) is 58.6 Å². The Hall–Kier alpha value is -1.04. The van der Waals surface area contributed by atoms with E-state index in [0.29, 0.717) is 12.4 Å². The molecular formula is C12H15NO3S. The summed E-state index contributed by atoms with van der Waals surface area (Å²) in [4.78, 5) is 10.8. The van der Waals surface area contributed by atoms with Crippen LogP contribution < -0.4 is 5.32 Å². The van der Waals surface area contributed by atoms with Crippen molar-refractivity contribution in [2.75, 3.05) is 12.9 Å². The van der Waals surface area contributed by atoms with Crippen molar-refractivity contribution in [3.63, 3.8) is 0 Å². The Kier molecular flexibility index (Phi) is 4.04. The molecule has 0 saturated carbocycles. The van der Waals surface area contributed by atoms with Gasteiger partial charge in [0.05, 0.1) is 12.0 Å². The highest BCUT2D eigenvalue weighted by Crippen LogP contribution is 2.32. The molecule has 4 nitrogen and oxygen atoms in total. The third-order valence-corrected chi connectivity index (χ3v) is 3.94. The van der Waals surface area contributed by atoms with Crippen LogP contribution in [0.25, 0.3) is 0 Å². The molecule has 1 saturated heterocycles. The van der Waals surface area contributed by atoms with E-state index in [1.54, 1.807) is 18.9 Å². The zero-order chi connectivity index (χ0) is 12.3. The first-order chi connectivity index (χ1) is 8.20. The van der Waals surface area contributed by atoms with E-state index in [1.807, 2.05) is 24.3 Å². The van der Waals surface area contributed by atoms with Crippen molar-refractivity contribution in [2.45, 2.75) is 18.0 Å². The zero-order valence-corrected chi connectivity index (χ0v) is 10.4. The molecular weight excluding hydrogens is 238 g/mol. The first kappa shape index (κ1) is 12.4. The number of carboxylic acid groups (broad SMARTS) is 1. The molecule has 2 rings (SSSR count). The van der Waals surface area contributed by atoms with E-state index in [4.69, 9.17) is 9.84 Å². The molecule has 0 spiro atoms. The zero-order valence-electron chi connectivity index (χ0n) is 9.55. The molecule has 5 heteroatoms.